The van der Waals surface area contributed by atoms with E-state index in [1.165, 1.54) is 110 Å². The van der Waals surface area contributed by atoms with Gasteiger partial charge >= 0.3 is 0 Å². The lowest BCUT2D eigenvalue weighted by Crippen LogP contribution is -2.24. The zero-order valence-corrected chi connectivity index (χ0v) is 21.7. The fourth-order valence-electron chi connectivity index (χ4n) is 5.55. The molecule has 0 saturated carbocycles. The monoisotopic (exact) mass is 469 g/mol. The molecule has 2 heteroatoms. The highest BCUT2D eigenvalue weighted by Crippen LogP contribution is 2.35. The molecule has 0 spiro atoms. The van der Waals surface area contributed by atoms with Crippen LogP contribution in [0.5, 0.6) is 0 Å². The van der Waals surface area contributed by atoms with Gasteiger partial charge in [-0.25, -0.2) is 0 Å². The van der Waals surface area contributed by atoms with Gasteiger partial charge in [-0.1, -0.05) is 139 Å². The van der Waals surface area contributed by atoms with E-state index in [1.807, 2.05) is 6.07 Å². The fraction of sp³-hybridized carbons (Fsp3) is 0.485. The number of unbranched alkanes of at least 4 members (excludes halogenated alkanes) is 13. The molecule has 0 aliphatic rings. The van der Waals surface area contributed by atoms with Gasteiger partial charge in [0, 0.05) is 12.1 Å². The van der Waals surface area contributed by atoms with Crippen molar-refractivity contribution in [3.63, 3.8) is 0 Å². The van der Waals surface area contributed by atoms with E-state index in [9.17, 15) is 4.79 Å². The fourth-order valence-corrected chi connectivity index (χ4v) is 5.55. The van der Waals surface area contributed by atoms with Gasteiger partial charge in [0.1, 0.15) is 0 Å². The minimum Gasteiger partial charge on any atom is -0.352 e. The van der Waals surface area contributed by atoms with Crippen molar-refractivity contribution in [2.24, 2.45) is 0 Å². The van der Waals surface area contributed by atoms with Crippen LogP contribution in [0.4, 0.5) is 0 Å². The second-order valence-corrected chi connectivity index (χ2v) is 10.3. The Bertz CT molecular complexity index is 1180. The molecular formula is C33H43NO. The van der Waals surface area contributed by atoms with Crippen LogP contribution in [0.25, 0.3) is 32.3 Å². The molecule has 2 nitrogen and oxygen atoms in total. The highest BCUT2D eigenvalue weighted by molar-refractivity contribution is 6.26. The molecule has 0 radical (unpaired) electrons. The Morgan fingerprint density at radius 3 is 1.66 bits per heavy atom. The summed E-state index contributed by atoms with van der Waals surface area (Å²) in [7, 11) is 0. The molecule has 0 heterocycles. The topological polar surface area (TPSA) is 29.1 Å². The number of rotatable bonds is 16. The summed E-state index contributed by atoms with van der Waals surface area (Å²) >= 11 is 0. The van der Waals surface area contributed by atoms with E-state index in [0.29, 0.717) is 0 Å². The summed E-state index contributed by atoms with van der Waals surface area (Å²) in [6, 6.07) is 19.1. The van der Waals surface area contributed by atoms with Gasteiger partial charge in [0.2, 0.25) is 0 Å². The first kappa shape index (κ1) is 25.5. The molecule has 0 unspecified atom stereocenters. The molecule has 1 amide bonds. The summed E-state index contributed by atoms with van der Waals surface area (Å²) in [4.78, 5) is 13.0. The summed E-state index contributed by atoms with van der Waals surface area (Å²) in [5.41, 5.74) is 0.793. The maximum atomic E-state index is 13.0. The lowest BCUT2D eigenvalue weighted by atomic mass is 9.92. The molecule has 0 bridgehead atoms. The van der Waals surface area contributed by atoms with Crippen LogP contribution in [-0.2, 0) is 0 Å². The summed E-state index contributed by atoms with van der Waals surface area (Å²) in [6.45, 7) is 3.05. The van der Waals surface area contributed by atoms with Crippen molar-refractivity contribution in [1.29, 1.82) is 0 Å². The maximum Gasteiger partial charge on any atom is 0.251 e. The largest absolute Gasteiger partial charge is 0.352 e. The van der Waals surface area contributed by atoms with Gasteiger partial charge in [-0.2, -0.15) is 0 Å². The Morgan fingerprint density at radius 1 is 0.571 bits per heavy atom. The highest BCUT2D eigenvalue weighted by Gasteiger charge is 2.14. The molecule has 0 aliphatic carbocycles. The summed E-state index contributed by atoms with van der Waals surface area (Å²) in [6.07, 6.45) is 18.9. The standard InChI is InChI=1S/C33H43NO/c1-2-3-4-5-6-7-8-9-10-11-12-13-14-15-25-34-33(35)30-24-22-28-20-19-26-17-16-18-27-21-23-29(30)32(28)31(26)27/h16-24H,2-15,25H2,1H3,(H,34,35). The van der Waals surface area contributed by atoms with Gasteiger partial charge in [0.15, 0.2) is 0 Å². The van der Waals surface area contributed by atoms with E-state index in [1.54, 1.807) is 0 Å². The second-order valence-electron chi connectivity index (χ2n) is 10.3. The Labute approximate surface area is 211 Å². The maximum absolute atomic E-state index is 13.0. The quantitative estimate of drug-likeness (QED) is 0.128. The van der Waals surface area contributed by atoms with E-state index < -0.39 is 0 Å². The van der Waals surface area contributed by atoms with Crippen LogP contribution in [0.2, 0.25) is 0 Å². The second kappa shape index (κ2) is 13.5. The van der Waals surface area contributed by atoms with Crippen molar-refractivity contribution in [3.05, 3.63) is 60.2 Å². The van der Waals surface area contributed by atoms with Crippen molar-refractivity contribution in [2.75, 3.05) is 6.54 Å². The van der Waals surface area contributed by atoms with Gasteiger partial charge in [-0.05, 0) is 44.8 Å². The van der Waals surface area contributed by atoms with Crippen LogP contribution in [0, 0.1) is 0 Å². The van der Waals surface area contributed by atoms with E-state index in [-0.39, 0.29) is 5.91 Å². The molecule has 0 aliphatic heterocycles. The summed E-state index contributed by atoms with van der Waals surface area (Å²) in [5.74, 6) is 0.0534. The average Bonchev–Trinajstić information content (AvgIpc) is 2.89. The van der Waals surface area contributed by atoms with Crippen LogP contribution in [0.3, 0.4) is 0 Å². The van der Waals surface area contributed by atoms with Crippen molar-refractivity contribution < 1.29 is 4.79 Å². The minimum absolute atomic E-state index is 0.0534. The van der Waals surface area contributed by atoms with Gasteiger partial charge in [0.25, 0.3) is 5.91 Å². The van der Waals surface area contributed by atoms with Crippen LogP contribution in [0.1, 0.15) is 107 Å². The van der Waals surface area contributed by atoms with Crippen molar-refractivity contribution >= 4 is 38.2 Å². The highest BCUT2D eigenvalue weighted by atomic mass is 16.1. The first-order chi connectivity index (χ1) is 17.3. The van der Waals surface area contributed by atoms with Crippen LogP contribution in [-0.4, -0.2) is 12.5 Å². The molecule has 0 saturated heterocycles. The zero-order chi connectivity index (χ0) is 24.3. The normalized spacial score (nSPS) is 11.7. The van der Waals surface area contributed by atoms with Crippen LogP contribution < -0.4 is 5.32 Å². The van der Waals surface area contributed by atoms with E-state index in [4.69, 9.17) is 0 Å². The van der Waals surface area contributed by atoms with Gasteiger partial charge in [-0.3, -0.25) is 4.79 Å². The average molecular weight is 470 g/mol. The number of hydrogen-bond acceptors (Lipinski definition) is 1. The van der Waals surface area contributed by atoms with Gasteiger partial charge < -0.3 is 5.32 Å². The van der Waals surface area contributed by atoms with Gasteiger partial charge in [0.05, 0.1) is 0 Å². The van der Waals surface area contributed by atoms with Crippen molar-refractivity contribution in [2.45, 2.75) is 96.8 Å². The Kier molecular flexibility index (Phi) is 9.81. The predicted molar refractivity (Wildman–Crippen MR) is 153 cm³/mol. The first-order valence-electron chi connectivity index (χ1n) is 14.2. The molecule has 4 aromatic carbocycles. The number of nitrogens with one attached hydrogen (secondary N) is 1. The third kappa shape index (κ3) is 6.75. The number of amides is 1. The minimum atomic E-state index is 0.0534. The van der Waals surface area contributed by atoms with Crippen LogP contribution >= 0.6 is 0 Å². The SMILES string of the molecule is CCCCCCCCCCCCCCCCNC(=O)c1ccc2ccc3cccc4ccc1c2c34. The molecule has 35 heavy (non-hydrogen) atoms. The number of benzene rings is 4. The van der Waals surface area contributed by atoms with Gasteiger partial charge in [-0.15, -0.1) is 0 Å². The lowest BCUT2D eigenvalue weighted by Gasteiger charge is -2.14. The molecule has 4 rings (SSSR count). The lowest BCUT2D eigenvalue weighted by molar-refractivity contribution is 0.0954. The van der Waals surface area contributed by atoms with Crippen LogP contribution in [0.15, 0.2) is 54.6 Å². The summed E-state index contributed by atoms with van der Waals surface area (Å²) in [5, 5.41) is 10.4. The Morgan fingerprint density at radius 2 is 1.06 bits per heavy atom. The predicted octanol–water partition coefficient (Wildman–Crippen LogP) is 9.80. The van der Waals surface area contributed by atoms with E-state index in [2.05, 4.69) is 60.8 Å². The first-order valence-corrected chi connectivity index (χ1v) is 14.2. The van der Waals surface area contributed by atoms with E-state index in [0.717, 1.165) is 23.9 Å². The third-order valence-corrected chi connectivity index (χ3v) is 7.59. The molecule has 0 atom stereocenters. The van der Waals surface area contributed by atoms with E-state index >= 15 is 0 Å². The summed E-state index contributed by atoms with van der Waals surface area (Å²) < 4.78 is 0. The molecule has 0 aromatic heterocycles. The Balaban J connectivity index is 1.14. The molecule has 1 N–H and O–H groups in total. The smallest absolute Gasteiger partial charge is 0.251 e. The third-order valence-electron chi connectivity index (χ3n) is 7.59. The van der Waals surface area contributed by atoms with Crippen molar-refractivity contribution in [3.8, 4) is 0 Å². The number of carbonyl (C=O) groups excluding carboxylic acids is 1. The zero-order valence-electron chi connectivity index (χ0n) is 21.7. The molecule has 4 aromatic rings. The van der Waals surface area contributed by atoms with Crippen molar-refractivity contribution in [1.82, 2.24) is 5.32 Å². The Hall–Kier alpha value is -2.61. The number of hydrogen-bond donors (Lipinski definition) is 1. The molecule has 0 fully saturated rings. The molecular weight excluding hydrogens is 426 g/mol. The molecule has 186 valence electrons. The number of carbonyl (C=O) groups is 1.